The Morgan fingerprint density at radius 2 is 1.83 bits per heavy atom. The van der Waals surface area contributed by atoms with Gasteiger partial charge in [0.2, 0.25) is 0 Å². The van der Waals surface area contributed by atoms with Crippen molar-refractivity contribution in [1.29, 1.82) is 0 Å². The van der Waals surface area contributed by atoms with Gasteiger partial charge in [0.15, 0.2) is 0 Å². The summed E-state index contributed by atoms with van der Waals surface area (Å²) in [5.74, 6) is 3.04. The van der Waals surface area contributed by atoms with Gasteiger partial charge in [-0.15, -0.1) is 6.42 Å². The average Bonchev–Trinajstić information content (AvgIpc) is 2.73. The van der Waals surface area contributed by atoms with Crippen LogP contribution in [-0.2, 0) is 19.3 Å². The number of aromatic nitrogens is 1. The first-order valence-corrected chi connectivity index (χ1v) is 9.69. The van der Waals surface area contributed by atoms with Crippen molar-refractivity contribution in [2.24, 2.45) is 0 Å². The van der Waals surface area contributed by atoms with Crippen LogP contribution < -0.4 is 5.32 Å². The molecule has 1 aromatic carbocycles. The Morgan fingerprint density at radius 3 is 2.48 bits per heavy atom. The molecule has 0 bridgehead atoms. The summed E-state index contributed by atoms with van der Waals surface area (Å²) in [4.78, 5) is 8.53. The van der Waals surface area contributed by atoms with Gasteiger partial charge in [-0.2, -0.15) is 13.2 Å². The topological polar surface area (TPSA) is 31.4 Å². The van der Waals surface area contributed by atoms with E-state index in [9.17, 15) is 13.2 Å². The van der Waals surface area contributed by atoms with Crippen LogP contribution in [0.5, 0.6) is 0 Å². The third-order valence-corrected chi connectivity index (χ3v) is 5.19. The number of pyridine rings is 1. The number of hydrogen-bond donors (Lipinski definition) is 1. The number of nitrogens with zero attached hydrogens (tertiary/aromatic N) is 3. The molecule has 0 atom stereocenters. The maximum absolute atomic E-state index is 13.7. The molecule has 1 aliphatic rings. The van der Waals surface area contributed by atoms with Crippen molar-refractivity contribution in [2.75, 3.05) is 38.0 Å². The first kappa shape index (κ1) is 21.2. The number of terminal acetylenes is 1. The van der Waals surface area contributed by atoms with Crippen LogP contribution in [0.3, 0.4) is 0 Å². The molecule has 1 saturated heterocycles. The predicted octanol–water partition coefficient (Wildman–Crippen LogP) is 3.83. The van der Waals surface area contributed by atoms with Crippen molar-refractivity contribution >= 4 is 5.82 Å². The van der Waals surface area contributed by atoms with Gasteiger partial charge < -0.3 is 10.2 Å². The van der Waals surface area contributed by atoms with Crippen LogP contribution in [0.1, 0.15) is 29.2 Å². The summed E-state index contributed by atoms with van der Waals surface area (Å²) in [5.41, 5.74) is 0.959. The SMILES string of the molecule is C#Cc1ccnc(NCc2ccc(CN3CCN(CC)CC3)c(C(F)(F)F)c2)c1. The zero-order chi connectivity index (χ0) is 20.9. The molecule has 4 nitrogen and oxygen atoms in total. The summed E-state index contributed by atoms with van der Waals surface area (Å²) >= 11 is 0. The van der Waals surface area contributed by atoms with Gasteiger partial charge in [0, 0.05) is 51.0 Å². The molecule has 7 heteroatoms. The fraction of sp³-hybridized carbons (Fsp3) is 0.409. The Labute approximate surface area is 169 Å². The van der Waals surface area contributed by atoms with Crippen molar-refractivity contribution < 1.29 is 13.2 Å². The lowest BCUT2D eigenvalue weighted by Crippen LogP contribution is -2.45. The van der Waals surface area contributed by atoms with Crippen LogP contribution in [-0.4, -0.2) is 47.5 Å². The standard InChI is InChI=1S/C22H25F3N4/c1-3-17-7-8-26-21(14-17)27-15-18-5-6-19(20(13-18)22(23,24)25)16-29-11-9-28(4-2)10-12-29/h1,5-8,13-14H,4,9-12,15-16H2,2H3,(H,26,27). The van der Waals surface area contributed by atoms with Gasteiger partial charge in [-0.05, 0) is 35.9 Å². The van der Waals surface area contributed by atoms with E-state index in [1.165, 1.54) is 6.07 Å². The van der Waals surface area contributed by atoms with Crippen LogP contribution >= 0.6 is 0 Å². The van der Waals surface area contributed by atoms with Gasteiger partial charge in [-0.3, -0.25) is 4.90 Å². The van der Waals surface area contributed by atoms with Gasteiger partial charge in [0.1, 0.15) is 5.82 Å². The molecule has 1 fully saturated rings. The molecule has 0 amide bonds. The van der Waals surface area contributed by atoms with E-state index in [0.29, 0.717) is 29.1 Å². The molecule has 2 aromatic rings. The van der Waals surface area contributed by atoms with E-state index < -0.39 is 11.7 Å². The largest absolute Gasteiger partial charge is 0.416 e. The van der Waals surface area contributed by atoms with Crippen molar-refractivity contribution in [3.8, 4) is 12.3 Å². The minimum absolute atomic E-state index is 0.236. The molecule has 0 aliphatic carbocycles. The highest BCUT2D eigenvalue weighted by Crippen LogP contribution is 2.33. The summed E-state index contributed by atoms with van der Waals surface area (Å²) < 4.78 is 41.0. The zero-order valence-corrected chi connectivity index (χ0v) is 16.5. The Kier molecular flexibility index (Phi) is 6.78. The molecule has 0 radical (unpaired) electrons. The number of anilines is 1. The van der Waals surface area contributed by atoms with Crippen molar-refractivity contribution in [3.05, 3.63) is 58.8 Å². The maximum Gasteiger partial charge on any atom is 0.416 e. The second-order valence-electron chi connectivity index (χ2n) is 7.13. The minimum Gasteiger partial charge on any atom is -0.366 e. The number of hydrogen-bond acceptors (Lipinski definition) is 4. The lowest BCUT2D eigenvalue weighted by atomic mass is 10.0. The van der Waals surface area contributed by atoms with E-state index in [4.69, 9.17) is 6.42 Å². The second-order valence-corrected chi connectivity index (χ2v) is 7.13. The highest BCUT2D eigenvalue weighted by atomic mass is 19.4. The molecule has 154 valence electrons. The molecule has 29 heavy (non-hydrogen) atoms. The van der Waals surface area contributed by atoms with Crippen molar-refractivity contribution in [1.82, 2.24) is 14.8 Å². The monoisotopic (exact) mass is 402 g/mol. The molecule has 2 heterocycles. The first-order chi connectivity index (χ1) is 13.9. The van der Waals surface area contributed by atoms with Crippen LogP contribution in [0.4, 0.5) is 19.0 Å². The van der Waals surface area contributed by atoms with Gasteiger partial charge in [0.25, 0.3) is 0 Å². The quantitative estimate of drug-likeness (QED) is 0.745. The van der Waals surface area contributed by atoms with E-state index in [1.54, 1.807) is 30.5 Å². The van der Waals surface area contributed by atoms with E-state index >= 15 is 0 Å². The molecule has 1 aromatic heterocycles. The second kappa shape index (κ2) is 9.29. The summed E-state index contributed by atoms with van der Waals surface area (Å²) in [6, 6.07) is 7.95. The smallest absolute Gasteiger partial charge is 0.366 e. The number of likely N-dealkylation sites (N-methyl/N-ethyl adjacent to an activating group) is 1. The van der Waals surface area contributed by atoms with Gasteiger partial charge in [0.05, 0.1) is 5.56 Å². The van der Waals surface area contributed by atoms with Gasteiger partial charge in [-0.1, -0.05) is 25.0 Å². The molecule has 1 N–H and O–H groups in total. The zero-order valence-electron chi connectivity index (χ0n) is 16.5. The number of alkyl halides is 3. The van der Waals surface area contributed by atoms with Crippen LogP contribution in [0.25, 0.3) is 0 Å². The minimum atomic E-state index is -4.39. The molecule has 0 unspecified atom stereocenters. The Balaban J connectivity index is 1.71. The van der Waals surface area contributed by atoms with Crippen LogP contribution in [0, 0.1) is 12.3 Å². The summed E-state index contributed by atoms with van der Waals surface area (Å²) in [7, 11) is 0. The Morgan fingerprint density at radius 1 is 1.10 bits per heavy atom. The van der Waals surface area contributed by atoms with E-state index in [2.05, 4.69) is 32.9 Å². The van der Waals surface area contributed by atoms with Crippen molar-refractivity contribution in [2.45, 2.75) is 26.2 Å². The fourth-order valence-electron chi connectivity index (χ4n) is 3.45. The fourth-order valence-corrected chi connectivity index (χ4v) is 3.45. The number of benzene rings is 1. The third-order valence-electron chi connectivity index (χ3n) is 5.19. The maximum atomic E-state index is 13.7. The molecule has 1 aliphatic heterocycles. The average molecular weight is 402 g/mol. The van der Waals surface area contributed by atoms with Crippen LogP contribution in [0.2, 0.25) is 0 Å². The molecule has 0 saturated carbocycles. The normalized spacial score (nSPS) is 15.8. The predicted molar refractivity (Wildman–Crippen MR) is 108 cm³/mol. The van der Waals surface area contributed by atoms with E-state index in [0.717, 1.165) is 32.7 Å². The highest BCUT2D eigenvalue weighted by Gasteiger charge is 2.34. The molecule has 0 spiro atoms. The lowest BCUT2D eigenvalue weighted by molar-refractivity contribution is -0.138. The Bertz CT molecular complexity index is 865. The molecular formula is C22H25F3N4. The van der Waals surface area contributed by atoms with Gasteiger partial charge >= 0.3 is 6.18 Å². The highest BCUT2D eigenvalue weighted by molar-refractivity contribution is 5.44. The summed E-state index contributed by atoms with van der Waals surface area (Å²) in [5, 5.41) is 3.04. The van der Waals surface area contributed by atoms with Crippen LogP contribution in [0.15, 0.2) is 36.5 Å². The van der Waals surface area contributed by atoms with E-state index in [-0.39, 0.29) is 6.54 Å². The van der Waals surface area contributed by atoms with Gasteiger partial charge in [-0.25, -0.2) is 4.98 Å². The van der Waals surface area contributed by atoms with E-state index in [1.807, 2.05) is 0 Å². The lowest BCUT2D eigenvalue weighted by Gasteiger charge is -2.34. The van der Waals surface area contributed by atoms with Crippen molar-refractivity contribution in [3.63, 3.8) is 0 Å². The number of halogens is 3. The molecular weight excluding hydrogens is 377 g/mol. The summed E-state index contributed by atoms with van der Waals surface area (Å²) in [6.45, 7) is 6.97. The molecule has 3 rings (SSSR count). The summed E-state index contributed by atoms with van der Waals surface area (Å²) in [6.07, 6.45) is 2.54. The first-order valence-electron chi connectivity index (χ1n) is 9.69. The Hall–Kier alpha value is -2.56. The number of rotatable bonds is 6. The third kappa shape index (κ3) is 5.72. The number of nitrogens with one attached hydrogen (secondary N) is 1. The number of piperazine rings is 1.